The first kappa shape index (κ1) is 20.2. The lowest BCUT2D eigenvalue weighted by molar-refractivity contribution is -0.125. The first-order valence-electron chi connectivity index (χ1n) is 9.26. The molecule has 2 aromatic heterocycles. The van der Waals surface area contributed by atoms with Gasteiger partial charge in [-0.25, -0.2) is 9.98 Å². The van der Waals surface area contributed by atoms with Crippen LogP contribution in [-0.4, -0.2) is 52.1 Å². The number of aliphatic hydroxyl groups excluding tert-OH is 1. The fraction of sp³-hybridized carbons (Fsp3) is 0.474. The molecule has 2 aromatic rings. The monoisotopic (exact) mass is 391 g/mol. The molecule has 0 aliphatic heterocycles. The molecule has 9 heteroatoms. The summed E-state index contributed by atoms with van der Waals surface area (Å²) >= 11 is 0. The van der Waals surface area contributed by atoms with Gasteiger partial charge in [0, 0.05) is 25.2 Å². The van der Waals surface area contributed by atoms with E-state index in [1.54, 1.807) is 12.4 Å². The summed E-state index contributed by atoms with van der Waals surface area (Å²) in [5, 5.41) is 12.5. The molecular weight excluding hydrogens is 368 g/mol. The first-order chi connectivity index (χ1) is 13.6. The highest BCUT2D eigenvalue weighted by Crippen LogP contribution is 2.28. The van der Waals surface area contributed by atoms with Crippen LogP contribution in [0.15, 0.2) is 35.6 Å². The number of alkyl halides is 2. The second-order valence-corrected chi connectivity index (χ2v) is 6.55. The Morgan fingerprint density at radius 2 is 2.07 bits per heavy atom. The van der Waals surface area contributed by atoms with Crippen LogP contribution in [0.4, 0.5) is 20.5 Å². The predicted octanol–water partition coefficient (Wildman–Crippen LogP) is 3.44. The summed E-state index contributed by atoms with van der Waals surface area (Å²) in [4.78, 5) is 17.5. The Morgan fingerprint density at radius 1 is 1.25 bits per heavy atom. The summed E-state index contributed by atoms with van der Waals surface area (Å²) in [7, 11) is 0. The Hall–Kier alpha value is -2.52. The van der Waals surface area contributed by atoms with Crippen molar-refractivity contribution in [1.29, 1.82) is 0 Å². The molecule has 0 spiro atoms. The Bertz CT molecular complexity index is 768. The van der Waals surface area contributed by atoms with Crippen molar-refractivity contribution in [3.8, 4) is 11.3 Å². The molecule has 0 saturated heterocycles. The van der Waals surface area contributed by atoms with Gasteiger partial charge < -0.3 is 15.2 Å². The molecule has 1 saturated carbocycles. The molecule has 150 valence electrons. The number of ether oxygens (including phenoxy) is 1. The van der Waals surface area contributed by atoms with Crippen molar-refractivity contribution in [3.63, 3.8) is 0 Å². The van der Waals surface area contributed by atoms with E-state index in [0.29, 0.717) is 17.1 Å². The average Bonchev–Trinajstić information content (AvgIpc) is 2.71. The summed E-state index contributed by atoms with van der Waals surface area (Å²) in [5.74, 6) is 1.02. The molecule has 0 radical (unpaired) electrons. The van der Waals surface area contributed by atoms with Crippen molar-refractivity contribution in [2.45, 2.75) is 38.4 Å². The predicted molar refractivity (Wildman–Crippen MR) is 102 cm³/mol. The van der Waals surface area contributed by atoms with Crippen molar-refractivity contribution >= 4 is 18.0 Å². The van der Waals surface area contributed by atoms with E-state index in [1.165, 1.54) is 0 Å². The number of aliphatic hydroxyl groups is 1. The van der Waals surface area contributed by atoms with Gasteiger partial charge in [0.1, 0.15) is 0 Å². The van der Waals surface area contributed by atoms with E-state index in [0.717, 1.165) is 25.7 Å². The van der Waals surface area contributed by atoms with Crippen LogP contribution in [0, 0.1) is 5.92 Å². The van der Waals surface area contributed by atoms with Crippen LogP contribution in [0.25, 0.3) is 11.3 Å². The number of pyridine rings is 1. The van der Waals surface area contributed by atoms with Gasteiger partial charge in [-0.05, 0) is 43.7 Å². The van der Waals surface area contributed by atoms with Crippen LogP contribution in [0.3, 0.4) is 0 Å². The molecule has 1 fully saturated rings. The number of halogens is 2. The van der Waals surface area contributed by atoms with Crippen molar-refractivity contribution < 1.29 is 18.6 Å². The van der Waals surface area contributed by atoms with Gasteiger partial charge in [-0.3, -0.25) is 4.98 Å². The lowest BCUT2D eigenvalue weighted by atomic mass is 9.88. The normalized spacial score (nSPS) is 20.0. The van der Waals surface area contributed by atoms with Crippen LogP contribution in [-0.2, 0) is 4.74 Å². The minimum absolute atomic E-state index is 0.150. The molecule has 7 nitrogen and oxygen atoms in total. The molecule has 1 aliphatic carbocycles. The summed E-state index contributed by atoms with van der Waals surface area (Å²) in [5.41, 5.74) is 1.38. The number of aromatic nitrogens is 3. The molecule has 0 aromatic carbocycles. The summed E-state index contributed by atoms with van der Waals surface area (Å²) in [6.45, 7) is -2.81. The molecular formula is C19H23F2N5O2. The first-order valence-corrected chi connectivity index (χ1v) is 9.26. The zero-order valence-corrected chi connectivity index (χ0v) is 15.3. The van der Waals surface area contributed by atoms with E-state index < -0.39 is 6.61 Å². The Labute approximate surface area is 161 Å². The number of anilines is 1. The molecule has 0 amide bonds. The summed E-state index contributed by atoms with van der Waals surface area (Å²) in [6.07, 6.45) is 8.23. The van der Waals surface area contributed by atoms with Crippen LogP contribution in [0.1, 0.15) is 25.7 Å². The molecule has 0 unspecified atom stereocenters. The number of nitrogens with zero attached hydrogens (tertiary/aromatic N) is 4. The van der Waals surface area contributed by atoms with E-state index in [-0.39, 0.29) is 31.1 Å². The number of hydrogen-bond donors (Lipinski definition) is 2. The molecule has 28 heavy (non-hydrogen) atoms. The highest BCUT2D eigenvalue weighted by Gasteiger charge is 2.18. The summed E-state index contributed by atoms with van der Waals surface area (Å²) in [6, 6.07) is 5.53. The van der Waals surface area contributed by atoms with E-state index >= 15 is 0 Å². The minimum atomic E-state index is -2.80. The van der Waals surface area contributed by atoms with Crippen molar-refractivity contribution in [1.82, 2.24) is 15.0 Å². The van der Waals surface area contributed by atoms with Crippen LogP contribution in [0.2, 0.25) is 0 Å². The molecule has 0 bridgehead atoms. The van der Waals surface area contributed by atoms with Gasteiger partial charge in [-0.2, -0.15) is 13.8 Å². The Kier molecular flexibility index (Phi) is 7.32. The lowest BCUT2D eigenvalue weighted by Gasteiger charge is -2.22. The van der Waals surface area contributed by atoms with Gasteiger partial charge in [-0.1, -0.05) is 6.07 Å². The maximum absolute atomic E-state index is 12.0. The molecule has 2 N–H and O–H groups in total. The quantitative estimate of drug-likeness (QED) is 0.529. The van der Waals surface area contributed by atoms with Crippen LogP contribution in [0.5, 0.6) is 0 Å². The molecule has 0 atom stereocenters. The molecule has 1 aliphatic rings. The second-order valence-electron chi connectivity index (χ2n) is 6.55. The topological polar surface area (TPSA) is 92.5 Å². The van der Waals surface area contributed by atoms with E-state index in [2.05, 4.69) is 30.0 Å². The number of hydrogen-bond acceptors (Lipinski definition) is 7. The van der Waals surface area contributed by atoms with Gasteiger partial charge in [0.25, 0.3) is 0 Å². The smallest absolute Gasteiger partial charge is 0.345 e. The third-order valence-corrected chi connectivity index (χ3v) is 4.49. The maximum Gasteiger partial charge on any atom is 0.345 e. The summed E-state index contributed by atoms with van der Waals surface area (Å²) < 4.78 is 28.3. The zero-order valence-electron chi connectivity index (χ0n) is 15.3. The number of aliphatic imine (C=N–C) groups is 1. The zero-order chi connectivity index (χ0) is 19.8. The Balaban J connectivity index is 1.76. The van der Waals surface area contributed by atoms with Crippen molar-refractivity contribution in [2.24, 2.45) is 10.9 Å². The fourth-order valence-corrected chi connectivity index (χ4v) is 3.00. The van der Waals surface area contributed by atoms with Gasteiger partial charge >= 0.3 is 6.61 Å². The van der Waals surface area contributed by atoms with Gasteiger partial charge in [-0.15, -0.1) is 0 Å². The highest BCUT2D eigenvalue weighted by molar-refractivity contribution is 5.75. The van der Waals surface area contributed by atoms with Crippen LogP contribution < -0.4 is 5.32 Å². The van der Waals surface area contributed by atoms with Crippen LogP contribution >= 0.6 is 0 Å². The highest BCUT2D eigenvalue weighted by atomic mass is 19.3. The van der Waals surface area contributed by atoms with Crippen molar-refractivity contribution in [3.05, 3.63) is 30.6 Å². The second kappa shape index (κ2) is 10.1. The Morgan fingerprint density at radius 3 is 2.79 bits per heavy atom. The maximum atomic E-state index is 12.0. The minimum Gasteiger partial charge on any atom is -0.393 e. The fourth-order valence-electron chi connectivity index (χ4n) is 3.00. The molecule has 3 rings (SSSR count). The van der Waals surface area contributed by atoms with E-state index in [1.807, 2.05) is 24.4 Å². The third-order valence-electron chi connectivity index (χ3n) is 4.49. The largest absolute Gasteiger partial charge is 0.393 e. The van der Waals surface area contributed by atoms with Gasteiger partial charge in [0.2, 0.25) is 5.95 Å². The third kappa shape index (κ3) is 6.00. The van der Waals surface area contributed by atoms with E-state index in [9.17, 15) is 13.9 Å². The molecule has 2 heterocycles. The van der Waals surface area contributed by atoms with Crippen molar-refractivity contribution in [2.75, 3.05) is 18.5 Å². The lowest BCUT2D eigenvalue weighted by Crippen LogP contribution is -2.18. The average molecular weight is 391 g/mol. The number of nitrogens with one attached hydrogen (secondary N) is 1. The number of rotatable bonds is 8. The van der Waals surface area contributed by atoms with Gasteiger partial charge in [0.05, 0.1) is 24.0 Å². The van der Waals surface area contributed by atoms with Gasteiger partial charge in [0.15, 0.2) is 5.82 Å². The van der Waals surface area contributed by atoms with E-state index in [4.69, 9.17) is 0 Å². The standard InChI is InChI=1S/C19H23F2N5O2/c20-18(21)28-10-9-23-19-25-12-15(16-3-1-2-8-22-16)17(26-19)24-11-13-4-6-14(27)7-5-13/h1-3,8,11-14,18,27H,4-7,9-10H2,(H,23,25,26). The SMILES string of the molecule is OC1CCC(C=Nc2nc(NCCOC(F)F)ncc2-c2ccccn2)CC1.